The van der Waals surface area contributed by atoms with Crippen LogP contribution in [0.1, 0.15) is 24.3 Å². The minimum absolute atomic E-state index is 0.113. The molecular weight excluding hydrogens is 368 g/mol. The number of aryl methyl sites for hydroxylation is 1. The van der Waals surface area contributed by atoms with E-state index in [-0.39, 0.29) is 24.9 Å². The summed E-state index contributed by atoms with van der Waals surface area (Å²) in [5.41, 5.74) is 1.99. The molecule has 1 aliphatic rings. The molecule has 0 spiro atoms. The second kappa shape index (κ2) is 7.77. The van der Waals surface area contributed by atoms with Crippen molar-refractivity contribution in [1.29, 1.82) is 0 Å². The number of carbonyl (C=O) groups is 1. The number of piperidine rings is 1. The molecule has 0 radical (unpaired) electrons. The zero-order valence-electron chi connectivity index (χ0n) is 15.8. The van der Waals surface area contributed by atoms with E-state index in [0.29, 0.717) is 31.1 Å². The van der Waals surface area contributed by atoms with Crippen LogP contribution in [0.2, 0.25) is 0 Å². The predicted molar refractivity (Wildman–Crippen MR) is 100 cm³/mol. The maximum atomic E-state index is 12.7. The van der Waals surface area contributed by atoms with Gasteiger partial charge in [0, 0.05) is 25.7 Å². The maximum absolute atomic E-state index is 12.7. The first kappa shape index (κ1) is 19.5. The summed E-state index contributed by atoms with van der Waals surface area (Å²) in [5, 5.41) is 3.97. The number of carbonyl (C=O) groups excluding carboxylic acids is 1. The molecule has 1 fully saturated rings. The van der Waals surface area contributed by atoms with Crippen molar-refractivity contribution in [1.82, 2.24) is 19.3 Å². The van der Waals surface area contributed by atoms with E-state index in [1.807, 2.05) is 31.2 Å². The SMILES string of the molecule is Cc1ccc(-c2noc(CN(C)C(=O)C3CCCN(S(C)(=O)=O)C3)n2)cc1. The van der Waals surface area contributed by atoms with Crippen molar-refractivity contribution in [2.75, 3.05) is 26.4 Å². The molecule has 9 heteroatoms. The molecule has 1 aliphatic heterocycles. The van der Waals surface area contributed by atoms with Gasteiger partial charge in [-0.25, -0.2) is 12.7 Å². The second-order valence-corrected chi connectivity index (χ2v) is 9.01. The molecular formula is C18H24N4O4S. The van der Waals surface area contributed by atoms with E-state index in [1.54, 1.807) is 7.05 Å². The van der Waals surface area contributed by atoms with E-state index in [2.05, 4.69) is 10.1 Å². The van der Waals surface area contributed by atoms with Crippen molar-refractivity contribution < 1.29 is 17.7 Å². The zero-order chi connectivity index (χ0) is 19.6. The van der Waals surface area contributed by atoms with Gasteiger partial charge in [-0.05, 0) is 19.8 Å². The van der Waals surface area contributed by atoms with Crippen molar-refractivity contribution in [3.8, 4) is 11.4 Å². The first-order chi connectivity index (χ1) is 12.7. The zero-order valence-corrected chi connectivity index (χ0v) is 16.6. The molecule has 8 nitrogen and oxygen atoms in total. The van der Waals surface area contributed by atoms with E-state index in [0.717, 1.165) is 11.1 Å². The predicted octanol–water partition coefficient (Wildman–Crippen LogP) is 1.68. The van der Waals surface area contributed by atoms with Gasteiger partial charge in [0.05, 0.1) is 18.7 Å². The number of rotatable bonds is 5. The van der Waals surface area contributed by atoms with Crippen molar-refractivity contribution >= 4 is 15.9 Å². The summed E-state index contributed by atoms with van der Waals surface area (Å²) in [6, 6.07) is 7.77. The Morgan fingerprint density at radius 2 is 2.04 bits per heavy atom. The molecule has 0 aliphatic carbocycles. The largest absolute Gasteiger partial charge is 0.337 e. The highest BCUT2D eigenvalue weighted by atomic mass is 32.2. The number of nitrogens with zero attached hydrogens (tertiary/aromatic N) is 4. The fourth-order valence-electron chi connectivity index (χ4n) is 3.18. The van der Waals surface area contributed by atoms with Crippen LogP contribution in [0.4, 0.5) is 0 Å². The van der Waals surface area contributed by atoms with Gasteiger partial charge in [-0.1, -0.05) is 35.0 Å². The van der Waals surface area contributed by atoms with Gasteiger partial charge < -0.3 is 9.42 Å². The number of hydrogen-bond acceptors (Lipinski definition) is 6. The van der Waals surface area contributed by atoms with Crippen molar-refractivity contribution in [3.05, 3.63) is 35.7 Å². The lowest BCUT2D eigenvalue weighted by atomic mass is 9.98. The maximum Gasteiger partial charge on any atom is 0.246 e. The Hall–Kier alpha value is -2.26. The van der Waals surface area contributed by atoms with Crippen LogP contribution in [0.3, 0.4) is 0 Å². The number of hydrogen-bond donors (Lipinski definition) is 0. The van der Waals surface area contributed by atoms with Crippen molar-refractivity contribution in [2.24, 2.45) is 5.92 Å². The smallest absolute Gasteiger partial charge is 0.246 e. The third kappa shape index (κ3) is 4.72. The molecule has 0 saturated carbocycles. The van der Waals surface area contributed by atoms with Gasteiger partial charge in [-0.2, -0.15) is 4.98 Å². The minimum Gasteiger partial charge on any atom is -0.337 e. The van der Waals surface area contributed by atoms with Gasteiger partial charge in [0.1, 0.15) is 0 Å². The molecule has 27 heavy (non-hydrogen) atoms. The fourth-order valence-corrected chi connectivity index (χ4v) is 4.09. The highest BCUT2D eigenvalue weighted by molar-refractivity contribution is 7.88. The lowest BCUT2D eigenvalue weighted by Crippen LogP contribution is -2.45. The molecule has 1 amide bonds. The molecule has 1 atom stereocenters. The van der Waals surface area contributed by atoms with Crippen molar-refractivity contribution in [2.45, 2.75) is 26.3 Å². The van der Waals surface area contributed by atoms with Crippen molar-refractivity contribution in [3.63, 3.8) is 0 Å². The lowest BCUT2D eigenvalue weighted by molar-refractivity contribution is -0.136. The van der Waals surface area contributed by atoms with Crippen LogP contribution in [0.15, 0.2) is 28.8 Å². The van der Waals surface area contributed by atoms with Crippen LogP contribution in [0.5, 0.6) is 0 Å². The number of sulfonamides is 1. The molecule has 1 saturated heterocycles. The Bertz CT molecular complexity index is 908. The summed E-state index contributed by atoms with van der Waals surface area (Å²) >= 11 is 0. The molecule has 0 bridgehead atoms. The molecule has 0 N–H and O–H groups in total. The van der Waals surface area contributed by atoms with Crippen LogP contribution in [0, 0.1) is 12.8 Å². The molecule has 1 unspecified atom stereocenters. The van der Waals surface area contributed by atoms with Crippen LogP contribution in [-0.2, 0) is 21.4 Å². The van der Waals surface area contributed by atoms with E-state index >= 15 is 0 Å². The first-order valence-electron chi connectivity index (χ1n) is 8.84. The summed E-state index contributed by atoms with van der Waals surface area (Å²) in [7, 11) is -1.62. The molecule has 2 heterocycles. The van der Waals surface area contributed by atoms with E-state index < -0.39 is 10.0 Å². The Morgan fingerprint density at radius 1 is 1.33 bits per heavy atom. The summed E-state index contributed by atoms with van der Waals surface area (Å²) in [5.74, 6) is 0.361. The number of benzene rings is 1. The van der Waals surface area contributed by atoms with E-state index in [1.165, 1.54) is 15.5 Å². The van der Waals surface area contributed by atoms with Crippen LogP contribution in [0.25, 0.3) is 11.4 Å². The quantitative estimate of drug-likeness (QED) is 0.768. The topological polar surface area (TPSA) is 96.6 Å². The molecule has 3 rings (SSSR count). The number of aromatic nitrogens is 2. The third-order valence-corrected chi connectivity index (χ3v) is 6.00. The highest BCUT2D eigenvalue weighted by Crippen LogP contribution is 2.22. The Balaban J connectivity index is 1.64. The van der Waals surface area contributed by atoms with E-state index in [9.17, 15) is 13.2 Å². The average molecular weight is 392 g/mol. The normalized spacial score (nSPS) is 18.4. The van der Waals surface area contributed by atoms with Gasteiger partial charge in [-0.3, -0.25) is 4.79 Å². The minimum atomic E-state index is -3.29. The van der Waals surface area contributed by atoms with Gasteiger partial charge in [-0.15, -0.1) is 0 Å². The molecule has 146 valence electrons. The van der Waals surface area contributed by atoms with Gasteiger partial charge in [0.15, 0.2) is 0 Å². The Kier molecular flexibility index (Phi) is 5.61. The van der Waals surface area contributed by atoms with Gasteiger partial charge in [0.2, 0.25) is 27.6 Å². The first-order valence-corrected chi connectivity index (χ1v) is 10.7. The average Bonchev–Trinajstić information content (AvgIpc) is 3.09. The van der Waals surface area contributed by atoms with E-state index in [4.69, 9.17) is 4.52 Å². The summed E-state index contributed by atoms with van der Waals surface area (Å²) in [4.78, 5) is 18.6. The molecule has 2 aromatic rings. The van der Waals surface area contributed by atoms with Crippen LogP contribution >= 0.6 is 0 Å². The summed E-state index contributed by atoms with van der Waals surface area (Å²) in [6.07, 6.45) is 2.53. The van der Waals surface area contributed by atoms with Gasteiger partial charge >= 0.3 is 0 Å². The standard InChI is InChI=1S/C18H24N4O4S/c1-13-6-8-14(9-7-13)17-19-16(26-20-17)12-21(2)18(23)15-5-4-10-22(11-15)27(3,24)25/h6-9,15H,4-5,10-12H2,1-3H3. The monoisotopic (exact) mass is 392 g/mol. The molecule has 1 aromatic heterocycles. The summed E-state index contributed by atoms with van der Waals surface area (Å²) in [6.45, 7) is 2.88. The van der Waals surface area contributed by atoms with Crippen LogP contribution in [-0.4, -0.2) is 60.1 Å². The highest BCUT2D eigenvalue weighted by Gasteiger charge is 2.32. The van der Waals surface area contributed by atoms with Gasteiger partial charge in [0.25, 0.3) is 0 Å². The Labute approximate surface area is 159 Å². The Morgan fingerprint density at radius 3 is 2.70 bits per heavy atom. The lowest BCUT2D eigenvalue weighted by Gasteiger charge is -2.32. The second-order valence-electron chi connectivity index (χ2n) is 7.03. The van der Waals surface area contributed by atoms with Crippen LogP contribution < -0.4 is 0 Å². The third-order valence-electron chi connectivity index (χ3n) is 4.73. The summed E-state index contributed by atoms with van der Waals surface area (Å²) < 4.78 is 30.1. The molecule has 1 aromatic carbocycles. The number of amides is 1. The fraction of sp³-hybridized carbons (Fsp3) is 0.500.